The van der Waals surface area contributed by atoms with Gasteiger partial charge >= 0.3 is 0 Å². The highest BCUT2D eigenvalue weighted by atomic mass is 35.5. The zero-order chi connectivity index (χ0) is 12.5. The lowest BCUT2D eigenvalue weighted by molar-refractivity contribution is -0.114. The van der Waals surface area contributed by atoms with Gasteiger partial charge in [0.2, 0.25) is 5.24 Å². The number of hydrogen-bond acceptors (Lipinski definition) is 1. The third-order valence-corrected chi connectivity index (χ3v) is 3.46. The summed E-state index contributed by atoms with van der Waals surface area (Å²) in [4.78, 5) is 10.8. The van der Waals surface area contributed by atoms with Gasteiger partial charge in [-0.25, -0.2) is 0 Å². The summed E-state index contributed by atoms with van der Waals surface area (Å²) >= 11 is 5.41. The first-order valence-electron chi connectivity index (χ1n) is 6.43. The summed E-state index contributed by atoms with van der Waals surface area (Å²) in [6.07, 6.45) is 6.85. The number of unbranched alkanes of at least 4 members (excludes halogenated alkanes) is 3. The summed E-state index contributed by atoms with van der Waals surface area (Å²) < 4.78 is 0. The van der Waals surface area contributed by atoms with Gasteiger partial charge in [0.05, 0.1) is 0 Å². The first kappa shape index (κ1) is 14.2. The largest absolute Gasteiger partial charge is 0.281 e. The summed E-state index contributed by atoms with van der Waals surface area (Å²) in [6, 6.07) is 10.6. The van der Waals surface area contributed by atoms with Crippen molar-refractivity contribution in [2.75, 3.05) is 0 Å². The van der Waals surface area contributed by atoms with Gasteiger partial charge in [0.1, 0.15) is 0 Å². The standard InChI is InChI=1S/C15H21ClO/c1-13(15(16)17)9-5-2-3-6-10-14-11-7-4-8-12-14/h4,7-8,11-13H,2-3,5-6,9-10H2,1H3. The molecule has 94 valence electrons. The third-order valence-electron chi connectivity index (χ3n) is 3.08. The van der Waals surface area contributed by atoms with E-state index in [0.717, 1.165) is 19.3 Å². The van der Waals surface area contributed by atoms with Gasteiger partial charge < -0.3 is 0 Å². The van der Waals surface area contributed by atoms with Crippen molar-refractivity contribution in [3.63, 3.8) is 0 Å². The molecular weight excluding hydrogens is 232 g/mol. The molecule has 0 bridgehead atoms. The van der Waals surface area contributed by atoms with E-state index in [9.17, 15) is 4.79 Å². The minimum Gasteiger partial charge on any atom is -0.281 e. The van der Waals surface area contributed by atoms with Crippen LogP contribution in [0.15, 0.2) is 30.3 Å². The average molecular weight is 253 g/mol. The quantitative estimate of drug-likeness (QED) is 0.489. The summed E-state index contributed by atoms with van der Waals surface area (Å²) in [6.45, 7) is 1.90. The van der Waals surface area contributed by atoms with Crippen LogP contribution in [0, 0.1) is 5.92 Å². The molecule has 0 spiro atoms. The Balaban J connectivity index is 2.00. The average Bonchev–Trinajstić information content (AvgIpc) is 2.34. The normalized spacial score (nSPS) is 12.4. The molecule has 17 heavy (non-hydrogen) atoms. The molecule has 1 nitrogen and oxygen atoms in total. The molecule has 1 aromatic rings. The molecule has 1 rings (SSSR count). The van der Waals surface area contributed by atoms with Gasteiger partial charge in [-0.15, -0.1) is 0 Å². The molecule has 0 fully saturated rings. The highest BCUT2D eigenvalue weighted by molar-refractivity contribution is 6.63. The van der Waals surface area contributed by atoms with E-state index < -0.39 is 0 Å². The van der Waals surface area contributed by atoms with Crippen LogP contribution in [-0.2, 0) is 11.2 Å². The number of carbonyl (C=O) groups is 1. The molecule has 1 aromatic carbocycles. The van der Waals surface area contributed by atoms with Crippen molar-refractivity contribution in [3.05, 3.63) is 35.9 Å². The van der Waals surface area contributed by atoms with E-state index in [1.807, 2.05) is 13.0 Å². The van der Waals surface area contributed by atoms with Gasteiger partial charge in [0, 0.05) is 5.92 Å². The van der Waals surface area contributed by atoms with Crippen LogP contribution in [0.1, 0.15) is 44.6 Å². The first-order valence-corrected chi connectivity index (χ1v) is 6.81. The van der Waals surface area contributed by atoms with Crippen molar-refractivity contribution < 1.29 is 4.79 Å². The Labute approximate surface area is 109 Å². The maximum Gasteiger partial charge on any atom is 0.224 e. The monoisotopic (exact) mass is 252 g/mol. The van der Waals surface area contributed by atoms with E-state index in [4.69, 9.17) is 11.6 Å². The smallest absolute Gasteiger partial charge is 0.224 e. The van der Waals surface area contributed by atoms with Gasteiger partial charge in [-0.1, -0.05) is 56.5 Å². The van der Waals surface area contributed by atoms with Crippen LogP contribution >= 0.6 is 11.6 Å². The fraction of sp³-hybridized carbons (Fsp3) is 0.533. The molecule has 1 unspecified atom stereocenters. The second kappa shape index (κ2) is 8.30. The van der Waals surface area contributed by atoms with E-state index in [2.05, 4.69) is 24.3 Å². The van der Waals surface area contributed by atoms with Gasteiger partial charge in [-0.05, 0) is 36.4 Å². The fourth-order valence-electron chi connectivity index (χ4n) is 1.89. The van der Waals surface area contributed by atoms with Crippen molar-refractivity contribution in [2.45, 2.75) is 45.4 Å². The highest BCUT2D eigenvalue weighted by Gasteiger charge is 2.08. The Bertz CT molecular complexity index is 321. The number of hydrogen-bond donors (Lipinski definition) is 0. The zero-order valence-electron chi connectivity index (χ0n) is 10.5. The summed E-state index contributed by atoms with van der Waals surface area (Å²) in [5, 5.41) is -0.200. The number of aryl methyl sites for hydroxylation is 1. The van der Waals surface area contributed by atoms with E-state index in [-0.39, 0.29) is 11.2 Å². The van der Waals surface area contributed by atoms with E-state index >= 15 is 0 Å². The number of benzene rings is 1. The van der Waals surface area contributed by atoms with E-state index in [1.54, 1.807) is 0 Å². The van der Waals surface area contributed by atoms with Crippen molar-refractivity contribution in [3.8, 4) is 0 Å². The first-order chi connectivity index (χ1) is 8.20. The lowest BCUT2D eigenvalue weighted by Crippen LogP contribution is -2.02. The summed E-state index contributed by atoms with van der Waals surface area (Å²) in [5.41, 5.74) is 1.41. The van der Waals surface area contributed by atoms with Crippen molar-refractivity contribution in [1.29, 1.82) is 0 Å². The number of carbonyl (C=O) groups excluding carboxylic acids is 1. The minimum absolute atomic E-state index is 0.0193. The lowest BCUT2D eigenvalue weighted by Gasteiger charge is -2.05. The highest BCUT2D eigenvalue weighted by Crippen LogP contribution is 2.14. The predicted octanol–water partition coefficient (Wildman–Crippen LogP) is 4.58. The Morgan fingerprint density at radius 1 is 1.12 bits per heavy atom. The van der Waals surface area contributed by atoms with Crippen LogP contribution in [0.2, 0.25) is 0 Å². The SMILES string of the molecule is CC(CCCCCCc1ccccc1)C(=O)Cl. The maximum atomic E-state index is 10.8. The summed E-state index contributed by atoms with van der Waals surface area (Å²) in [5.74, 6) is 0.0193. The van der Waals surface area contributed by atoms with Crippen LogP contribution in [0.3, 0.4) is 0 Å². The van der Waals surface area contributed by atoms with Gasteiger partial charge in [0.15, 0.2) is 0 Å². The fourth-order valence-corrected chi connectivity index (χ4v) is 2.00. The summed E-state index contributed by atoms with van der Waals surface area (Å²) in [7, 11) is 0. The molecule has 0 N–H and O–H groups in total. The Hall–Kier alpha value is -0.820. The van der Waals surface area contributed by atoms with Crippen LogP contribution in [0.5, 0.6) is 0 Å². The van der Waals surface area contributed by atoms with Gasteiger partial charge in [0.25, 0.3) is 0 Å². The number of halogens is 1. The molecular formula is C15H21ClO. The number of rotatable bonds is 8. The van der Waals surface area contributed by atoms with Crippen LogP contribution < -0.4 is 0 Å². The molecule has 0 heterocycles. The molecule has 0 aliphatic carbocycles. The van der Waals surface area contributed by atoms with Gasteiger partial charge in [-0.3, -0.25) is 4.79 Å². The van der Waals surface area contributed by atoms with Crippen LogP contribution in [0.25, 0.3) is 0 Å². The minimum atomic E-state index is -0.200. The van der Waals surface area contributed by atoms with Crippen molar-refractivity contribution >= 4 is 16.8 Å². The molecule has 2 heteroatoms. The Morgan fingerprint density at radius 3 is 2.41 bits per heavy atom. The molecule has 0 aromatic heterocycles. The topological polar surface area (TPSA) is 17.1 Å². The van der Waals surface area contributed by atoms with Crippen LogP contribution in [-0.4, -0.2) is 5.24 Å². The predicted molar refractivity (Wildman–Crippen MR) is 73.3 cm³/mol. The molecule has 0 aliphatic rings. The van der Waals surface area contributed by atoms with Crippen LogP contribution in [0.4, 0.5) is 0 Å². The molecule has 0 saturated heterocycles. The third kappa shape index (κ3) is 6.48. The van der Waals surface area contributed by atoms with Crippen molar-refractivity contribution in [2.24, 2.45) is 5.92 Å². The van der Waals surface area contributed by atoms with E-state index in [1.165, 1.54) is 24.8 Å². The molecule has 0 amide bonds. The second-order valence-electron chi connectivity index (χ2n) is 4.64. The lowest BCUT2D eigenvalue weighted by atomic mass is 10.0. The Kier molecular flexibility index (Phi) is 6.95. The van der Waals surface area contributed by atoms with Gasteiger partial charge in [-0.2, -0.15) is 0 Å². The molecule has 1 atom stereocenters. The second-order valence-corrected chi connectivity index (χ2v) is 5.02. The van der Waals surface area contributed by atoms with E-state index in [0.29, 0.717) is 0 Å². The molecule has 0 saturated carbocycles. The maximum absolute atomic E-state index is 10.8. The Morgan fingerprint density at radius 2 is 1.76 bits per heavy atom. The van der Waals surface area contributed by atoms with Crippen molar-refractivity contribution in [1.82, 2.24) is 0 Å². The zero-order valence-corrected chi connectivity index (χ0v) is 11.2. The molecule has 0 radical (unpaired) electrons. The molecule has 0 aliphatic heterocycles.